The number of hydrogen-bond donors (Lipinski definition) is 2. The van der Waals surface area contributed by atoms with Gasteiger partial charge < -0.3 is 5.32 Å². The van der Waals surface area contributed by atoms with Crippen molar-refractivity contribution in [3.05, 3.63) is 24.5 Å². The summed E-state index contributed by atoms with van der Waals surface area (Å²) < 4.78 is 1.45. The Kier molecular flexibility index (Phi) is 3.57. The molecule has 2 aromatic rings. The van der Waals surface area contributed by atoms with E-state index in [0.717, 1.165) is 0 Å². The van der Waals surface area contributed by atoms with Gasteiger partial charge in [0.05, 0.1) is 6.42 Å². The van der Waals surface area contributed by atoms with Crippen molar-refractivity contribution in [3.63, 3.8) is 0 Å². The zero-order valence-corrected chi connectivity index (χ0v) is 11.9. The van der Waals surface area contributed by atoms with Crippen LogP contribution in [0.4, 0.5) is 11.6 Å². The second kappa shape index (κ2) is 5.52. The standard InChI is InChI=1S/C12H12N6O2S/c1-21-12-16-11-15-9(19)6-8(18(11)17-12)10(20)14-7-2-4-13-5-3-7/h2-5,8H,6H2,1H3,(H,13,14,20)(H,15,16,17,19)/t8-/m1/s1. The van der Waals surface area contributed by atoms with Crippen LogP contribution in [0.25, 0.3) is 0 Å². The Hall–Kier alpha value is -2.42. The third-order valence-corrected chi connectivity index (χ3v) is 3.51. The molecule has 0 saturated carbocycles. The van der Waals surface area contributed by atoms with Crippen LogP contribution in [0, 0.1) is 0 Å². The third kappa shape index (κ3) is 2.72. The summed E-state index contributed by atoms with van der Waals surface area (Å²) >= 11 is 1.35. The van der Waals surface area contributed by atoms with Crippen LogP contribution in [-0.4, -0.2) is 37.8 Å². The van der Waals surface area contributed by atoms with Gasteiger partial charge in [-0.15, -0.1) is 5.10 Å². The molecule has 1 aliphatic rings. The number of thioether (sulfide) groups is 1. The van der Waals surface area contributed by atoms with E-state index in [1.165, 1.54) is 16.4 Å². The summed E-state index contributed by atoms with van der Waals surface area (Å²) in [6.07, 6.45) is 5.02. The highest BCUT2D eigenvalue weighted by molar-refractivity contribution is 7.98. The number of nitrogens with zero attached hydrogens (tertiary/aromatic N) is 4. The van der Waals surface area contributed by atoms with Crippen LogP contribution >= 0.6 is 11.8 Å². The normalized spacial score (nSPS) is 17.0. The van der Waals surface area contributed by atoms with Gasteiger partial charge in [-0.25, -0.2) is 4.68 Å². The van der Waals surface area contributed by atoms with Gasteiger partial charge in [-0.3, -0.25) is 19.9 Å². The van der Waals surface area contributed by atoms with Crippen molar-refractivity contribution in [2.45, 2.75) is 17.6 Å². The topological polar surface area (TPSA) is 102 Å². The molecule has 1 aliphatic heterocycles. The summed E-state index contributed by atoms with van der Waals surface area (Å²) in [4.78, 5) is 32.1. The fraction of sp³-hybridized carbons (Fsp3) is 0.250. The molecule has 21 heavy (non-hydrogen) atoms. The van der Waals surface area contributed by atoms with Gasteiger partial charge in [0.25, 0.3) is 0 Å². The highest BCUT2D eigenvalue weighted by atomic mass is 32.2. The molecule has 108 valence electrons. The molecule has 3 heterocycles. The minimum absolute atomic E-state index is 0.0289. The van der Waals surface area contributed by atoms with Crippen LogP contribution < -0.4 is 10.6 Å². The lowest BCUT2D eigenvalue weighted by molar-refractivity contribution is -0.125. The Morgan fingerprint density at radius 1 is 1.48 bits per heavy atom. The Morgan fingerprint density at radius 3 is 2.95 bits per heavy atom. The molecular formula is C12H12N6O2S. The first kappa shape index (κ1) is 13.6. The van der Waals surface area contributed by atoms with E-state index in [9.17, 15) is 9.59 Å². The third-order valence-electron chi connectivity index (χ3n) is 2.97. The Bertz CT molecular complexity index is 686. The van der Waals surface area contributed by atoms with Crippen LogP contribution in [0.1, 0.15) is 12.5 Å². The zero-order chi connectivity index (χ0) is 14.8. The van der Waals surface area contributed by atoms with Gasteiger partial charge in [0.2, 0.25) is 22.9 Å². The molecule has 1 atom stereocenters. The molecule has 0 fully saturated rings. The molecule has 2 N–H and O–H groups in total. The quantitative estimate of drug-likeness (QED) is 0.817. The molecule has 0 radical (unpaired) electrons. The zero-order valence-electron chi connectivity index (χ0n) is 11.1. The van der Waals surface area contributed by atoms with Crippen molar-refractivity contribution in [2.75, 3.05) is 16.9 Å². The predicted octanol–water partition coefficient (Wildman–Crippen LogP) is 0.917. The van der Waals surface area contributed by atoms with Crippen LogP contribution in [0.15, 0.2) is 29.7 Å². The fourth-order valence-corrected chi connectivity index (χ4v) is 2.34. The van der Waals surface area contributed by atoms with Crippen LogP contribution in [0.3, 0.4) is 0 Å². The van der Waals surface area contributed by atoms with E-state index in [0.29, 0.717) is 16.8 Å². The summed E-state index contributed by atoms with van der Waals surface area (Å²) in [5, 5.41) is 10.1. The molecule has 3 rings (SSSR count). The Morgan fingerprint density at radius 2 is 2.24 bits per heavy atom. The van der Waals surface area contributed by atoms with E-state index in [-0.39, 0.29) is 18.2 Å². The van der Waals surface area contributed by atoms with Crippen molar-refractivity contribution in [1.29, 1.82) is 0 Å². The van der Waals surface area contributed by atoms with Crippen LogP contribution in [0.5, 0.6) is 0 Å². The molecule has 8 nitrogen and oxygen atoms in total. The molecular weight excluding hydrogens is 292 g/mol. The second-order valence-corrected chi connectivity index (χ2v) is 5.13. The fourth-order valence-electron chi connectivity index (χ4n) is 2.00. The summed E-state index contributed by atoms with van der Waals surface area (Å²) in [5.41, 5.74) is 0.618. The van der Waals surface area contributed by atoms with E-state index >= 15 is 0 Å². The number of pyridine rings is 1. The van der Waals surface area contributed by atoms with Crippen molar-refractivity contribution in [3.8, 4) is 0 Å². The average Bonchev–Trinajstić information content (AvgIpc) is 2.90. The lowest BCUT2D eigenvalue weighted by atomic mass is 10.1. The smallest absolute Gasteiger partial charge is 0.249 e. The largest absolute Gasteiger partial charge is 0.324 e. The lowest BCUT2D eigenvalue weighted by Gasteiger charge is -2.22. The van der Waals surface area contributed by atoms with Crippen LogP contribution in [-0.2, 0) is 9.59 Å². The first-order valence-corrected chi connectivity index (χ1v) is 7.41. The average molecular weight is 304 g/mol. The first-order valence-electron chi connectivity index (χ1n) is 6.18. The summed E-state index contributed by atoms with van der Waals surface area (Å²) in [5.74, 6) is -0.266. The van der Waals surface area contributed by atoms with E-state index < -0.39 is 6.04 Å². The Balaban J connectivity index is 1.86. The number of rotatable bonds is 3. The maximum atomic E-state index is 12.4. The van der Waals surface area contributed by atoms with Gasteiger partial charge >= 0.3 is 0 Å². The number of carbonyl (C=O) groups is 2. The summed E-state index contributed by atoms with van der Waals surface area (Å²) in [7, 11) is 0. The number of fused-ring (bicyclic) bond motifs is 1. The van der Waals surface area contributed by atoms with Crippen molar-refractivity contribution < 1.29 is 9.59 Å². The molecule has 0 bridgehead atoms. The number of aromatic nitrogens is 4. The molecule has 2 amide bonds. The van der Waals surface area contributed by atoms with Gasteiger partial charge in [-0.2, -0.15) is 4.98 Å². The van der Waals surface area contributed by atoms with Gasteiger partial charge in [-0.1, -0.05) is 11.8 Å². The van der Waals surface area contributed by atoms with Crippen LogP contribution in [0.2, 0.25) is 0 Å². The van der Waals surface area contributed by atoms with Gasteiger partial charge in [0.15, 0.2) is 0 Å². The van der Waals surface area contributed by atoms with E-state index in [1.807, 2.05) is 6.26 Å². The lowest BCUT2D eigenvalue weighted by Crippen LogP contribution is -2.36. The first-order chi connectivity index (χ1) is 10.2. The van der Waals surface area contributed by atoms with E-state index in [2.05, 4.69) is 25.7 Å². The SMILES string of the molecule is CSc1nc2n(n1)[C@@H](C(=O)Nc1ccncc1)CC(=O)N2. The highest BCUT2D eigenvalue weighted by Crippen LogP contribution is 2.26. The maximum Gasteiger partial charge on any atom is 0.249 e. The second-order valence-electron chi connectivity index (χ2n) is 4.36. The van der Waals surface area contributed by atoms with Crippen molar-refractivity contribution >= 4 is 35.2 Å². The molecule has 0 saturated heterocycles. The highest BCUT2D eigenvalue weighted by Gasteiger charge is 2.33. The van der Waals surface area contributed by atoms with E-state index in [1.54, 1.807) is 24.5 Å². The molecule has 2 aromatic heterocycles. The van der Waals surface area contributed by atoms with Gasteiger partial charge in [0, 0.05) is 18.1 Å². The number of carbonyl (C=O) groups excluding carboxylic acids is 2. The number of anilines is 2. The number of hydrogen-bond acceptors (Lipinski definition) is 6. The van der Waals surface area contributed by atoms with Gasteiger partial charge in [-0.05, 0) is 18.4 Å². The van der Waals surface area contributed by atoms with E-state index in [4.69, 9.17) is 0 Å². The minimum Gasteiger partial charge on any atom is -0.324 e. The van der Waals surface area contributed by atoms with Gasteiger partial charge in [0.1, 0.15) is 6.04 Å². The maximum absolute atomic E-state index is 12.4. The van der Waals surface area contributed by atoms with Crippen molar-refractivity contribution in [1.82, 2.24) is 19.7 Å². The summed E-state index contributed by atoms with van der Waals surface area (Å²) in [6, 6.07) is 2.64. The molecule has 9 heteroatoms. The number of nitrogens with one attached hydrogen (secondary N) is 2. The monoisotopic (exact) mass is 304 g/mol. The minimum atomic E-state index is -0.713. The molecule has 0 aromatic carbocycles. The molecule has 0 aliphatic carbocycles. The Labute approximate surface area is 124 Å². The molecule has 0 spiro atoms. The van der Waals surface area contributed by atoms with Crippen molar-refractivity contribution in [2.24, 2.45) is 0 Å². The number of amides is 2. The predicted molar refractivity (Wildman–Crippen MR) is 77.0 cm³/mol. The molecule has 0 unspecified atom stereocenters. The summed E-state index contributed by atoms with van der Waals surface area (Å²) in [6.45, 7) is 0.